The SMILES string of the molecule is C.C.C.C.C.C.C[SiH](O[Si](C)(C)O[Si](C)(C)C)O[Si](C)(CCc1ccc(C(=O)OCC(F)(F)S(=O)(=O)[O-])cc1)O[Si](C)(C)C.[K+]. The summed E-state index contributed by atoms with van der Waals surface area (Å²) in [6.07, 6.45) is 0.586. The zero-order valence-electron chi connectivity index (χ0n) is 24.8. The van der Waals surface area contributed by atoms with Crippen molar-refractivity contribution in [2.75, 3.05) is 6.61 Å². The predicted octanol–water partition coefficient (Wildman–Crippen LogP) is 5.70. The van der Waals surface area contributed by atoms with E-state index in [0.717, 1.165) is 5.56 Å². The van der Waals surface area contributed by atoms with E-state index >= 15 is 0 Å². The van der Waals surface area contributed by atoms with Gasteiger partial charge < -0.3 is 25.8 Å². The summed E-state index contributed by atoms with van der Waals surface area (Å²) < 4.78 is 88.3. The molecule has 0 aliphatic rings. The van der Waals surface area contributed by atoms with Crippen LogP contribution in [-0.2, 0) is 37.7 Å². The van der Waals surface area contributed by atoms with Gasteiger partial charge in [-0.05, 0) is 95.6 Å². The number of hydrogen-bond donors (Lipinski definition) is 0. The minimum Gasteiger partial charge on any atom is -0.743 e. The van der Waals surface area contributed by atoms with Gasteiger partial charge in [-0.25, -0.2) is 13.2 Å². The summed E-state index contributed by atoms with van der Waals surface area (Å²) in [5, 5.41) is -4.70. The van der Waals surface area contributed by atoms with Gasteiger partial charge in [0, 0.05) is 0 Å². The summed E-state index contributed by atoms with van der Waals surface area (Å²) in [4.78, 5) is 12.0. The first kappa shape index (κ1) is 61.3. The number of hydrogen-bond acceptors (Lipinski definition) is 9. The third-order valence-electron chi connectivity index (χ3n) is 4.73. The van der Waals surface area contributed by atoms with Crippen LogP contribution in [0.1, 0.15) is 60.5 Å². The Morgan fingerprint density at radius 3 is 1.62 bits per heavy atom. The zero-order chi connectivity index (χ0) is 29.8. The van der Waals surface area contributed by atoms with E-state index in [9.17, 15) is 26.5 Å². The molecule has 0 bridgehead atoms. The Bertz CT molecular complexity index is 1060. The fourth-order valence-corrected chi connectivity index (χ4v) is 24.6. The molecule has 0 heterocycles. The quantitative estimate of drug-likeness (QED) is 0.125. The predicted molar refractivity (Wildman–Crippen MR) is 193 cm³/mol. The molecule has 0 amide bonds. The molecule has 1 aromatic rings. The number of halogens is 2. The molecule has 2 unspecified atom stereocenters. The van der Waals surface area contributed by atoms with E-state index in [-0.39, 0.29) is 102 Å². The van der Waals surface area contributed by atoms with Crippen molar-refractivity contribution in [3.63, 3.8) is 0 Å². The van der Waals surface area contributed by atoms with Crippen LogP contribution in [0.3, 0.4) is 0 Å². The molecule has 268 valence electrons. The number of esters is 1. The zero-order valence-corrected chi connectivity index (χ0v) is 33.9. The Morgan fingerprint density at radius 1 is 0.822 bits per heavy atom. The van der Waals surface area contributed by atoms with Crippen molar-refractivity contribution in [2.45, 2.75) is 128 Å². The van der Waals surface area contributed by atoms with Crippen LogP contribution in [-0.4, -0.2) is 73.8 Å². The second kappa shape index (κ2) is 23.4. The first-order chi connectivity index (χ1) is 16.8. The minimum atomic E-state index is -5.94. The van der Waals surface area contributed by atoms with Gasteiger partial charge in [-0.15, -0.1) is 0 Å². The number of alkyl halides is 2. The van der Waals surface area contributed by atoms with Crippen molar-refractivity contribution in [3.05, 3.63) is 35.4 Å². The molecule has 0 radical (unpaired) electrons. The van der Waals surface area contributed by atoms with Gasteiger partial charge in [0.2, 0.25) is 0 Å². The van der Waals surface area contributed by atoms with Gasteiger partial charge in [0.25, 0.3) is 0 Å². The fraction of sp³-hybridized carbons (Fsp3) is 0.741. The van der Waals surface area contributed by atoms with Crippen molar-refractivity contribution < 1.29 is 99.1 Å². The average molecular weight is 783 g/mol. The topological polar surface area (TPSA) is 120 Å². The number of aryl methyl sites for hydroxylation is 1. The second-order valence-electron chi connectivity index (χ2n) is 11.6. The monoisotopic (exact) mass is 782 g/mol. The van der Waals surface area contributed by atoms with Gasteiger partial charge in [0.1, 0.15) is 0 Å². The molecule has 0 aliphatic carbocycles. The Labute approximate surface area is 324 Å². The third-order valence-corrected chi connectivity index (χ3v) is 22.3. The van der Waals surface area contributed by atoms with Gasteiger partial charge >= 0.3 is 89.0 Å². The molecule has 2 atom stereocenters. The van der Waals surface area contributed by atoms with Crippen molar-refractivity contribution in [1.29, 1.82) is 0 Å². The van der Waals surface area contributed by atoms with E-state index < -0.39 is 71.0 Å². The number of ether oxygens (including phenoxy) is 1. The fourth-order valence-electron chi connectivity index (χ4n) is 3.80. The van der Waals surface area contributed by atoms with Crippen LogP contribution in [0, 0.1) is 0 Å². The molecule has 9 nitrogen and oxygen atoms in total. The Kier molecular flexibility index (Phi) is 31.9. The maximum absolute atomic E-state index is 13.3. The van der Waals surface area contributed by atoms with Crippen molar-refractivity contribution in [2.24, 2.45) is 0 Å². The first-order valence-electron chi connectivity index (χ1n) is 12.2. The summed E-state index contributed by atoms with van der Waals surface area (Å²) in [6.45, 7) is 18.9. The van der Waals surface area contributed by atoms with Crippen molar-refractivity contribution in [3.8, 4) is 0 Å². The second-order valence-corrected chi connectivity index (χ2v) is 31.8. The van der Waals surface area contributed by atoms with Gasteiger partial charge in [-0.1, -0.05) is 56.7 Å². The number of rotatable bonds is 15. The van der Waals surface area contributed by atoms with E-state index in [1.54, 1.807) is 12.1 Å². The molecule has 0 spiro atoms. The largest absolute Gasteiger partial charge is 1.00 e. The minimum absolute atomic E-state index is 0. The average Bonchev–Trinajstić information content (AvgIpc) is 2.66. The van der Waals surface area contributed by atoms with Gasteiger partial charge in [-0.3, -0.25) is 0 Å². The summed E-state index contributed by atoms with van der Waals surface area (Å²) in [5.41, 5.74) is 0.814. The molecule has 1 aromatic carbocycles. The summed E-state index contributed by atoms with van der Waals surface area (Å²) in [7, 11) is -16.8. The molecular weight excluding hydrogens is 718 g/mol. The van der Waals surface area contributed by atoms with Crippen LogP contribution in [0.2, 0.25) is 71.5 Å². The molecule has 45 heavy (non-hydrogen) atoms. The van der Waals surface area contributed by atoms with Gasteiger partial charge in [0.05, 0.1) is 5.56 Å². The molecule has 18 heteroatoms. The molecule has 0 aliphatic heterocycles. The summed E-state index contributed by atoms with van der Waals surface area (Å²) in [6, 6.07) is 6.72. The summed E-state index contributed by atoms with van der Waals surface area (Å²) in [5.74, 6) is -1.16. The van der Waals surface area contributed by atoms with E-state index in [1.165, 1.54) is 12.1 Å². The number of carbonyl (C=O) groups is 1. The van der Waals surface area contributed by atoms with Gasteiger partial charge in [0.15, 0.2) is 33.4 Å². The first-order valence-corrected chi connectivity index (χ1v) is 27.8. The maximum Gasteiger partial charge on any atom is 1.00 e. The molecule has 1 rings (SSSR count). The van der Waals surface area contributed by atoms with Crippen LogP contribution in [0.5, 0.6) is 0 Å². The van der Waals surface area contributed by atoms with E-state index in [1.807, 2.05) is 26.2 Å². The Hall–Kier alpha value is 1.02. The van der Waals surface area contributed by atoms with Crippen molar-refractivity contribution >= 4 is 59.1 Å². The van der Waals surface area contributed by atoms with Crippen molar-refractivity contribution in [1.82, 2.24) is 0 Å². The van der Waals surface area contributed by atoms with Gasteiger partial charge in [-0.2, -0.15) is 8.78 Å². The maximum atomic E-state index is 13.3. The molecular formula is C27H65F2KO9SSi5. The van der Waals surface area contributed by atoms with Crippen LogP contribution in [0.4, 0.5) is 8.78 Å². The van der Waals surface area contributed by atoms with Crippen LogP contribution < -0.4 is 51.4 Å². The van der Waals surface area contributed by atoms with Crippen LogP contribution in [0.25, 0.3) is 0 Å². The van der Waals surface area contributed by atoms with E-state index in [0.29, 0.717) is 12.5 Å². The van der Waals surface area contributed by atoms with Crippen LogP contribution in [0.15, 0.2) is 24.3 Å². The summed E-state index contributed by atoms with van der Waals surface area (Å²) >= 11 is 0. The number of benzene rings is 1. The Morgan fingerprint density at radius 2 is 1.24 bits per heavy atom. The van der Waals surface area contributed by atoms with E-state index in [2.05, 4.69) is 44.0 Å². The molecule has 0 fully saturated rings. The van der Waals surface area contributed by atoms with Crippen LogP contribution >= 0.6 is 0 Å². The molecule has 0 saturated carbocycles. The van der Waals surface area contributed by atoms with E-state index in [4.69, 9.17) is 16.5 Å². The normalized spacial score (nSPS) is 13.6. The molecule has 0 aromatic heterocycles. The number of carbonyl (C=O) groups excluding carboxylic acids is 1. The standard InChI is InChI=1S/C21H42F2O9SSi5.6CH4.K/c1-34(29-37(8,9)31-35(2,3)4)30-38(10,32-36(5,6)7)16-15-18-11-13-19(14-12-18)20(24)28-17-21(22,23)33(25,26)27;;;;;;;/h11-14,34H,15-17H2,1-10H3,(H,25,26,27);6*1H4;/q;;;;;;;+1/p-1. The smallest absolute Gasteiger partial charge is 0.743 e. The third kappa shape index (κ3) is 24.8. The Balaban J connectivity index is -0.000000413. The molecule has 0 saturated heterocycles. The molecule has 0 N–H and O–H groups in total.